The molecule has 0 saturated carbocycles. The van der Waals surface area contributed by atoms with Crippen LogP contribution in [0.25, 0.3) is 0 Å². The van der Waals surface area contributed by atoms with Crippen LogP contribution in [0.15, 0.2) is 54.6 Å². The highest BCUT2D eigenvalue weighted by Crippen LogP contribution is 2.17. The van der Waals surface area contributed by atoms with Gasteiger partial charge in [0.05, 0.1) is 19.7 Å². The van der Waals surface area contributed by atoms with Gasteiger partial charge in [0.1, 0.15) is 11.8 Å². The maximum atomic E-state index is 13.0. The van der Waals surface area contributed by atoms with Crippen LogP contribution in [0, 0.1) is 5.92 Å². The molecule has 154 valence electrons. The molecule has 0 bridgehead atoms. The standard InChI is InChI=1S/C23H29N3O3/c1-2-29-20-10-8-19(9-11-20)25-23(28)21(16-17-6-4-3-5-7-17)26-22(27)18-12-14-24-15-13-18/h3-11,18,21,24H,2,12-16H2,1H3,(H,25,28)(H,26,27)/p+1/t21-/m0/s1. The molecule has 1 heterocycles. The fourth-order valence-corrected chi connectivity index (χ4v) is 3.57. The molecule has 0 aliphatic carbocycles. The molecule has 1 fully saturated rings. The van der Waals surface area contributed by atoms with Crippen molar-refractivity contribution >= 4 is 17.5 Å². The van der Waals surface area contributed by atoms with Gasteiger partial charge in [-0.15, -0.1) is 0 Å². The Morgan fingerprint density at radius 3 is 2.41 bits per heavy atom. The summed E-state index contributed by atoms with van der Waals surface area (Å²) >= 11 is 0. The lowest BCUT2D eigenvalue weighted by atomic mass is 9.96. The van der Waals surface area contributed by atoms with Crippen LogP contribution in [0.4, 0.5) is 5.69 Å². The van der Waals surface area contributed by atoms with Crippen molar-refractivity contribution in [2.24, 2.45) is 5.92 Å². The molecule has 6 heteroatoms. The number of anilines is 1. The molecule has 29 heavy (non-hydrogen) atoms. The molecular formula is C23H30N3O3+. The van der Waals surface area contributed by atoms with E-state index in [9.17, 15) is 9.59 Å². The number of nitrogens with one attached hydrogen (secondary N) is 2. The smallest absolute Gasteiger partial charge is 0.247 e. The van der Waals surface area contributed by atoms with E-state index in [1.165, 1.54) is 0 Å². The van der Waals surface area contributed by atoms with Crippen LogP contribution in [0.3, 0.4) is 0 Å². The maximum absolute atomic E-state index is 13.0. The molecule has 1 atom stereocenters. The molecule has 1 saturated heterocycles. The Balaban J connectivity index is 1.68. The fourth-order valence-electron chi connectivity index (χ4n) is 3.57. The van der Waals surface area contributed by atoms with Crippen molar-refractivity contribution in [2.75, 3.05) is 25.0 Å². The number of hydrogen-bond acceptors (Lipinski definition) is 3. The highest BCUT2D eigenvalue weighted by Gasteiger charge is 2.28. The summed E-state index contributed by atoms with van der Waals surface area (Å²) in [7, 11) is 0. The number of nitrogens with two attached hydrogens (primary N) is 1. The third-order valence-electron chi connectivity index (χ3n) is 5.16. The predicted octanol–water partition coefficient (Wildman–Crippen LogP) is 1.72. The van der Waals surface area contributed by atoms with Crippen LogP contribution in [0.1, 0.15) is 25.3 Å². The fraction of sp³-hybridized carbons (Fsp3) is 0.391. The van der Waals surface area contributed by atoms with Crippen molar-refractivity contribution in [2.45, 2.75) is 32.2 Å². The number of ether oxygens (including phenoxy) is 1. The lowest BCUT2D eigenvalue weighted by molar-refractivity contribution is -0.664. The first-order valence-electron chi connectivity index (χ1n) is 10.4. The predicted molar refractivity (Wildman–Crippen MR) is 113 cm³/mol. The lowest BCUT2D eigenvalue weighted by Gasteiger charge is -2.24. The molecule has 3 rings (SSSR count). The summed E-state index contributed by atoms with van der Waals surface area (Å²) in [5.41, 5.74) is 1.69. The van der Waals surface area contributed by atoms with E-state index in [1.807, 2.05) is 49.4 Å². The van der Waals surface area contributed by atoms with Crippen molar-refractivity contribution in [3.05, 3.63) is 60.2 Å². The zero-order valence-corrected chi connectivity index (χ0v) is 16.9. The third kappa shape index (κ3) is 6.32. The van der Waals surface area contributed by atoms with E-state index in [2.05, 4.69) is 16.0 Å². The number of rotatable bonds is 8. The van der Waals surface area contributed by atoms with E-state index in [-0.39, 0.29) is 17.7 Å². The van der Waals surface area contributed by atoms with E-state index < -0.39 is 6.04 Å². The largest absolute Gasteiger partial charge is 0.494 e. The molecule has 1 aliphatic heterocycles. The summed E-state index contributed by atoms with van der Waals surface area (Å²) in [4.78, 5) is 25.7. The third-order valence-corrected chi connectivity index (χ3v) is 5.16. The molecule has 0 unspecified atom stereocenters. The molecule has 2 amide bonds. The molecule has 2 aromatic carbocycles. The Hall–Kier alpha value is -2.86. The summed E-state index contributed by atoms with van der Waals surface area (Å²) in [5.74, 6) is 0.500. The van der Waals surface area contributed by atoms with Gasteiger partial charge in [-0.1, -0.05) is 30.3 Å². The van der Waals surface area contributed by atoms with Crippen LogP contribution < -0.4 is 20.7 Å². The molecule has 0 aromatic heterocycles. The van der Waals surface area contributed by atoms with Crippen molar-refractivity contribution < 1.29 is 19.6 Å². The van der Waals surface area contributed by atoms with Gasteiger partial charge >= 0.3 is 0 Å². The minimum Gasteiger partial charge on any atom is -0.494 e. The van der Waals surface area contributed by atoms with E-state index in [0.717, 1.165) is 37.2 Å². The topological polar surface area (TPSA) is 84.0 Å². The number of hydrogen-bond donors (Lipinski definition) is 3. The molecule has 4 N–H and O–H groups in total. The van der Waals surface area contributed by atoms with Crippen LogP contribution >= 0.6 is 0 Å². The Morgan fingerprint density at radius 2 is 1.76 bits per heavy atom. The van der Waals surface area contributed by atoms with Crippen molar-refractivity contribution in [1.29, 1.82) is 0 Å². The van der Waals surface area contributed by atoms with E-state index in [0.29, 0.717) is 18.7 Å². The van der Waals surface area contributed by atoms with Gasteiger partial charge in [-0.2, -0.15) is 0 Å². The SMILES string of the molecule is CCOc1ccc(NC(=O)[C@H](Cc2ccccc2)NC(=O)C2CC[NH2+]CC2)cc1. The maximum Gasteiger partial charge on any atom is 0.247 e. The van der Waals surface area contributed by atoms with Gasteiger partial charge < -0.3 is 20.7 Å². The summed E-state index contributed by atoms with van der Waals surface area (Å²) in [6, 6.07) is 16.4. The zero-order chi connectivity index (χ0) is 20.5. The number of benzene rings is 2. The number of quaternary nitrogens is 1. The van der Waals surface area contributed by atoms with Crippen LogP contribution in [-0.2, 0) is 16.0 Å². The molecule has 0 spiro atoms. The van der Waals surface area contributed by atoms with Gasteiger partial charge in [-0.3, -0.25) is 9.59 Å². The van der Waals surface area contributed by atoms with Crippen molar-refractivity contribution in [3.63, 3.8) is 0 Å². The molecular weight excluding hydrogens is 366 g/mol. The second-order valence-corrected chi connectivity index (χ2v) is 7.34. The lowest BCUT2D eigenvalue weighted by Crippen LogP contribution is -2.86. The van der Waals surface area contributed by atoms with Crippen LogP contribution in [0.2, 0.25) is 0 Å². The van der Waals surface area contributed by atoms with Crippen molar-refractivity contribution in [1.82, 2.24) is 5.32 Å². The summed E-state index contributed by atoms with van der Waals surface area (Å²) in [6.07, 6.45) is 2.16. The summed E-state index contributed by atoms with van der Waals surface area (Å²) in [5, 5.41) is 8.15. The van der Waals surface area contributed by atoms with Gasteiger partial charge in [0.15, 0.2) is 0 Å². The molecule has 1 aliphatic rings. The Kier molecular flexibility index (Phi) is 7.64. The quantitative estimate of drug-likeness (QED) is 0.635. The van der Waals surface area contributed by atoms with Crippen LogP contribution in [-0.4, -0.2) is 37.6 Å². The van der Waals surface area contributed by atoms with Gasteiger partial charge in [0.25, 0.3) is 0 Å². The highest BCUT2D eigenvalue weighted by atomic mass is 16.5. The summed E-state index contributed by atoms with van der Waals surface area (Å²) < 4.78 is 5.44. The Labute approximate surface area is 172 Å². The first-order chi connectivity index (χ1) is 14.2. The highest BCUT2D eigenvalue weighted by molar-refractivity contribution is 5.97. The summed E-state index contributed by atoms with van der Waals surface area (Å²) in [6.45, 7) is 4.44. The number of carbonyl (C=O) groups excluding carboxylic acids is 2. The molecule has 2 aromatic rings. The van der Waals surface area contributed by atoms with Crippen LogP contribution in [0.5, 0.6) is 5.75 Å². The average Bonchev–Trinajstić information content (AvgIpc) is 2.76. The first kappa shape index (κ1) is 20.9. The van der Waals surface area contributed by atoms with E-state index in [4.69, 9.17) is 4.74 Å². The van der Waals surface area contributed by atoms with Gasteiger partial charge in [0, 0.05) is 30.9 Å². The molecule has 0 radical (unpaired) electrons. The Bertz CT molecular complexity index is 787. The van der Waals surface area contributed by atoms with Gasteiger partial charge in [-0.25, -0.2) is 0 Å². The van der Waals surface area contributed by atoms with E-state index >= 15 is 0 Å². The minimum absolute atomic E-state index is 0.0171. The zero-order valence-electron chi connectivity index (χ0n) is 16.9. The number of piperidine rings is 1. The van der Waals surface area contributed by atoms with Gasteiger partial charge in [0.2, 0.25) is 11.8 Å². The Morgan fingerprint density at radius 1 is 1.07 bits per heavy atom. The van der Waals surface area contributed by atoms with Crippen molar-refractivity contribution in [3.8, 4) is 5.75 Å². The average molecular weight is 397 g/mol. The molecule has 6 nitrogen and oxygen atoms in total. The second-order valence-electron chi connectivity index (χ2n) is 7.34. The van der Waals surface area contributed by atoms with E-state index in [1.54, 1.807) is 12.1 Å². The number of carbonyl (C=O) groups is 2. The minimum atomic E-state index is -0.623. The number of amides is 2. The second kappa shape index (κ2) is 10.6. The van der Waals surface area contributed by atoms with Gasteiger partial charge in [-0.05, 0) is 36.8 Å². The first-order valence-corrected chi connectivity index (χ1v) is 10.4. The monoisotopic (exact) mass is 396 g/mol. The normalized spacial score (nSPS) is 15.3.